The first-order valence-corrected chi connectivity index (χ1v) is 9.00. The Hall–Kier alpha value is -3.68. The molecule has 0 unspecified atom stereocenters. The number of benzene rings is 2. The highest BCUT2D eigenvalue weighted by Crippen LogP contribution is 2.33. The molecule has 2 heterocycles. The molecule has 152 valence electrons. The summed E-state index contributed by atoms with van der Waals surface area (Å²) in [6.07, 6.45) is -2.86. The Morgan fingerprint density at radius 3 is 2.50 bits per heavy atom. The monoisotopic (exact) mass is 413 g/mol. The van der Waals surface area contributed by atoms with Crippen LogP contribution in [-0.2, 0) is 12.7 Å². The largest absolute Gasteiger partial charge is 0.416 e. The van der Waals surface area contributed by atoms with Crippen LogP contribution in [0, 0.1) is 5.82 Å². The number of fused-ring (bicyclic) bond motifs is 1. The summed E-state index contributed by atoms with van der Waals surface area (Å²) < 4.78 is 53.8. The highest BCUT2D eigenvalue weighted by molar-refractivity contribution is 5.95. The van der Waals surface area contributed by atoms with Crippen molar-refractivity contribution >= 4 is 11.4 Å². The van der Waals surface area contributed by atoms with Crippen LogP contribution >= 0.6 is 0 Å². The van der Waals surface area contributed by atoms with Crippen LogP contribution < -0.4 is 5.32 Å². The molecule has 1 N–H and O–H groups in total. The fourth-order valence-corrected chi connectivity index (χ4v) is 3.11. The van der Waals surface area contributed by atoms with E-state index in [0.29, 0.717) is 22.2 Å². The van der Waals surface area contributed by atoms with Gasteiger partial charge in [-0.05, 0) is 53.6 Å². The van der Waals surface area contributed by atoms with E-state index in [9.17, 15) is 22.4 Å². The van der Waals surface area contributed by atoms with Gasteiger partial charge >= 0.3 is 6.18 Å². The first-order valence-electron chi connectivity index (χ1n) is 9.00. The van der Waals surface area contributed by atoms with E-state index in [1.54, 1.807) is 36.5 Å². The van der Waals surface area contributed by atoms with Gasteiger partial charge in [0.25, 0.3) is 5.91 Å². The van der Waals surface area contributed by atoms with Gasteiger partial charge in [-0.2, -0.15) is 18.3 Å². The van der Waals surface area contributed by atoms with E-state index in [1.807, 2.05) is 0 Å². The number of nitrogens with zero attached hydrogens (tertiary/aromatic N) is 2. The molecule has 1 amide bonds. The normalized spacial score (nSPS) is 11.6. The van der Waals surface area contributed by atoms with Crippen LogP contribution in [-0.4, -0.2) is 15.5 Å². The molecule has 0 saturated heterocycles. The number of nitrogens with one attached hydrogen (secondary N) is 1. The summed E-state index contributed by atoms with van der Waals surface area (Å²) in [6, 6.07) is 15.5. The van der Waals surface area contributed by atoms with E-state index in [-0.39, 0.29) is 18.1 Å². The molecule has 0 fully saturated rings. The van der Waals surface area contributed by atoms with Gasteiger partial charge < -0.3 is 5.32 Å². The number of amides is 1. The second kappa shape index (κ2) is 7.62. The maximum atomic E-state index is 13.1. The summed E-state index contributed by atoms with van der Waals surface area (Å²) in [5.74, 6) is -0.876. The van der Waals surface area contributed by atoms with Crippen molar-refractivity contribution in [3.63, 3.8) is 0 Å². The van der Waals surface area contributed by atoms with Gasteiger partial charge in [-0.3, -0.25) is 4.79 Å². The van der Waals surface area contributed by atoms with Crippen molar-refractivity contribution in [2.45, 2.75) is 12.7 Å². The standard InChI is InChI=1S/C22H15F4N3O/c23-17-8-6-14(7-9-17)13-27-21(30)19-12-18(20-5-2-10-29(20)28-19)15-3-1-4-16(11-15)22(24,25)26/h1-12H,13H2,(H,27,30). The van der Waals surface area contributed by atoms with Gasteiger partial charge in [0.05, 0.1) is 11.1 Å². The molecule has 0 aliphatic rings. The van der Waals surface area contributed by atoms with Crippen LogP contribution in [0.3, 0.4) is 0 Å². The third kappa shape index (κ3) is 4.03. The maximum absolute atomic E-state index is 13.1. The first-order chi connectivity index (χ1) is 14.3. The summed E-state index contributed by atoms with van der Waals surface area (Å²) in [7, 11) is 0. The predicted molar refractivity (Wildman–Crippen MR) is 103 cm³/mol. The summed E-state index contributed by atoms with van der Waals surface area (Å²) >= 11 is 0. The first kappa shape index (κ1) is 19.6. The van der Waals surface area contributed by atoms with E-state index < -0.39 is 17.6 Å². The Kier molecular flexibility index (Phi) is 4.99. The Morgan fingerprint density at radius 1 is 1.00 bits per heavy atom. The van der Waals surface area contributed by atoms with E-state index in [1.165, 1.54) is 28.8 Å². The molecule has 0 saturated carbocycles. The zero-order valence-corrected chi connectivity index (χ0v) is 15.4. The van der Waals surface area contributed by atoms with Gasteiger partial charge in [0, 0.05) is 18.3 Å². The summed E-state index contributed by atoms with van der Waals surface area (Å²) in [5.41, 5.74) is 1.32. The number of hydrogen-bond donors (Lipinski definition) is 1. The van der Waals surface area contributed by atoms with E-state index >= 15 is 0 Å². The van der Waals surface area contributed by atoms with Gasteiger partial charge in [-0.15, -0.1) is 0 Å². The molecule has 2 aromatic heterocycles. The van der Waals surface area contributed by atoms with Gasteiger partial charge in [-0.25, -0.2) is 8.91 Å². The molecular weight excluding hydrogens is 398 g/mol. The highest BCUT2D eigenvalue weighted by atomic mass is 19.4. The number of halogens is 4. The maximum Gasteiger partial charge on any atom is 0.416 e. The lowest BCUT2D eigenvalue weighted by Crippen LogP contribution is -2.24. The Labute approximate surface area is 168 Å². The molecule has 0 spiro atoms. The number of carbonyl (C=O) groups excluding carboxylic acids is 1. The molecule has 0 atom stereocenters. The van der Waals surface area contributed by atoms with E-state index in [0.717, 1.165) is 12.1 Å². The van der Waals surface area contributed by atoms with Crippen molar-refractivity contribution < 1.29 is 22.4 Å². The number of aromatic nitrogens is 2. The zero-order chi connectivity index (χ0) is 21.3. The Balaban J connectivity index is 1.68. The molecule has 0 aliphatic carbocycles. The van der Waals surface area contributed by atoms with Crippen LogP contribution in [0.1, 0.15) is 21.6 Å². The van der Waals surface area contributed by atoms with Gasteiger partial charge in [0.1, 0.15) is 11.5 Å². The number of hydrogen-bond acceptors (Lipinski definition) is 2. The lowest BCUT2D eigenvalue weighted by molar-refractivity contribution is -0.137. The lowest BCUT2D eigenvalue weighted by atomic mass is 10.0. The minimum atomic E-state index is -4.48. The van der Waals surface area contributed by atoms with Crippen molar-refractivity contribution in [2.24, 2.45) is 0 Å². The van der Waals surface area contributed by atoms with Crippen LogP contribution in [0.15, 0.2) is 72.9 Å². The molecule has 0 aliphatic heterocycles. The van der Waals surface area contributed by atoms with Crippen molar-refractivity contribution in [3.05, 3.63) is 95.6 Å². The molecule has 30 heavy (non-hydrogen) atoms. The quantitative estimate of drug-likeness (QED) is 0.474. The Morgan fingerprint density at radius 2 is 1.77 bits per heavy atom. The molecule has 0 radical (unpaired) electrons. The van der Waals surface area contributed by atoms with Crippen molar-refractivity contribution in [3.8, 4) is 11.1 Å². The molecule has 4 rings (SSSR count). The number of alkyl halides is 3. The second-order valence-corrected chi connectivity index (χ2v) is 6.67. The van der Waals surface area contributed by atoms with Crippen LogP contribution in [0.25, 0.3) is 16.6 Å². The third-order valence-electron chi connectivity index (χ3n) is 4.60. The molecule has 2 aromatic carbocycles. The molecule has 4 aromatic rings. The molecule has 8 heteroatoms. The smallest absolute Gasteiger partial charge is 0.347 e. The van der Waals surface area contributed by atoms with Crippen LogP contribution in [0.5, 0.6) is 0 Å². The molecule has 0 bridgehead atoms. The van der Waals surface area contributed by atoms with Crippen LogP contribution in [0.4, 0.5) is 17.6 Å². The molecular formula is C22H15F4N3O. The van der Waals surface area contributed by atoms with Crippen LogP contribution in [0.2, 0.25) is 0 Å². The van der Waals surface area contributed by atoms with Crippen molar-refractivity contribution in [1.82, 2.24) is 14.9 Å². The summed E-state index contributed by atoms with van der Waals surface area (Å²) in [5, 5.41) is 6.93. The third-order valence-corrected chi connectivity index (χ3v) is 4.60. The van der Waals surface area contributed by atoms with E-state index in [2.05, 4.69) is 10.4 Å². The highest BCUT2D eigenvalue weighted by Gasteiger charge is 2.30. The SMILES string of the molecule is O=C(NCc1ccc(F)cc1)c1cc(-c2cccc(C(F)(F)F)c2)c2cccn2n1. The zero-order valence-electron chi connectivity index (χ0n) is 15.4. The fourth-order valence-electron chi connectivity index (χ4n) is 3.11. The minimum absolute atomic E-state index is 0.0493. The molecule has 4 nitrogen and oxygen atoms in total. The summed E-state index contributed by atoms with van der Waals surface area (Å²) in [4.78, 5) is 12.6. The number of rotatable bonds is 4. The van der Waals surface area contributed by atoms with Crippen molar-refractivity contribution in [1.29, 1.82) is 0 Å². The van der Waals surface area contributed by atoms with Gasteiger partial charge in [-0.1, -0.05) is 24.3 Å². The second-order valence-electron chi connectivity index (χ2n) is 6.67. The van der Waals surface area contributed by atoms with Gasteiger partial charge in [0.15, 0.2) is 0 Å². The topological polar surface area (TPSA) is 46.4 Å². The summed E-state index contributed by atoms with van der Waals surface area (Å²) in [6.45, 7) is 0.156. The fraction of sp³-hybridized carbons (Fsp3) is 0.0909. The predicted octanol–water partition coefficient (Wildman–Crippen LogP) is 5.09. The minimum Gasteiger partial charge on any atom is -0.347 e. The van der Waals surface area contributed by atoms with Crippen molar-refractivity contribution in [2.75, 3.05) is 0 Å². The van der Waals surface area contributed by atoms with E-state index in [4.69, 9.17) is 0 Å². The average Bonchev–Trinajstić information content (AvgIpc) is 3.20. The average molecular weight is 413 g/mol. The lowest BCUT2D eigenvalue weighted by Gasteiger charge is -2.12. The Bertz CT molecular complexity index is 1210. The number of carbonyl (C=O) groups is 1. The van der Waals surface area contributed by atoms with Gasteiger partial charge in [0.2, 0.25) is 0 Å².